The summed E-state index contributed by atoms with van der Waals surface area (Å²) in [6, 6.07) is 3.96. The van der Waals surface area contributed by atoms with Crippen molar-refractivity contribution in [3.05, 3.63) is 35.3 Å². The van der Waals surface area contributed by atoms with E-state index in [-0.39, 0.29) is 11.9 Å². The maximum atomic E-state index is 11.6. The van der Waals surface area contributed by atoms with E-state index in [2.05, 4.69) is 22.1 Å². The van der Waals surface area contributed by atoms with Crippen LogP contribution in [0.1, 0.15) is 52.6 Å². The number of rotatable bonds is 2. The van der Waals surface area contributed by atoms with Crippen molar-refractivity contribution in [1.29, 1.82) is 0 Å². The van der Waals surface area contributed by atoms with Crippen molar-refractivity contribution in [2.75, 3.05) is 12.3 Å². The molecule has 5 heteroatoms. The Balaban J connectivity index is 0.00000106. The number of amides is 1. The van der Waals surface area contributed by atoms with Gasteiger partial charge in [0.1, 0.15) is 5.82 Å². The number of anilines is 1. The lowest BCUT2D eigenvalue weighted by molar-refractivity contribution is -0.120. The number of hydrogen-bond donors (Lipinski definition) is 2. The molecule has 1 atom stereocenters. The van der Waals surface area contributed by atoms with Crippen molar-refractivity contribution >= 4 is 11.7 Å². The second-order valence-electron chi connectivity index (χ2n) is 4.86. The summed E-state index contributed by atoms with van der Waals surface area (Å²) in [6.45, 7) is 10.7. The maximum Gasteiger partial charge on any atom is 0.225 e. The zero-order chi connectivity index (χ0) is 16.0. The van der Waals surface area contributed by atoms with E-state index < -0.39 is 0 Å². The van der Waals surface area contributed by atoms with Crippen LogP contribution in [-0.4, -0.2) is 22.3 Å². The number of aromatic nitrogens is 1. The van der Waals surface area contributed by atoms with E-state index >= 15 is 0 Å². The Bertz CT molecular complexity index is 525. The average Bonchev–Trinajstić information content (AvgIpc) is 2.61. The molecule has 0 spiro atoms. The van der Waals surface area contributed by atoms with Crippen LogP contribution < -0.4 is 11.1 Å². The van der Waals surface area contributed by atoms with Crippen LogP contribution >= 0.6 is 0 Å². The molecule has 5 nitrogen and oxygen atoms in total. The molecule has 1 aromatic rings. The molecular formula is C16H26N4O. The van der Waals surface area contributed by atoms with Gasteiger partial charge in [-0.1, -0.05) is 19.9 Å². The highest BCUT2D eigenvalue weighted by Gasteiger charge is 2.23. The number of nitrogens with two attached hydrogens (primary N) is 1. The van der Waals surface area contributed by atoms with Crippen molar-refractivity contribution in [1.82, 2.24) is 15.2 Å². The smallest absolute Gasteiger partial charge is 0.225 e. The van der Waals surface area contributed by atoms with Crippen LogP contribution in [0.25, 0.3) is 0 Å². The van der Waals surface area contributed by atoms with Crippen molar-refractivity contribution in [3.63, 3.8) is 0 Å². The molecule has 116 valence electrons. The molecule has 0 bridgehead atoms. The predicted octanol–water partition coefficient (Wildman–Crippen LogP) is 2.82. The molecule has 3 N–H and O–H groups in total. The Kier molecular flexibility index (Phi) is 6.21. The number of carbonyl (C=O) groups is 1. The number of allylic oxidation sites excluding steroid dienone is 2. The molecule has 0 aromatic carbocycles. The largest absolute Gasteiger partial charge is 0.383 e. The summed E-state index contributed by atoms with van der Waals surface area (Å²) in [5.74, 6) is 0.606. The maximum absolute atomic E-state index is 11.6. The minimum absolute atomic E-state index is 0.0608. The number of nitrogens with zero attached hydrogens (tertiary/aromatic N) is 2. The van der Waals surface area contributed by atoms with Crippen LogP contribution in [0, 0.1) is 0 Å². The number of nitrogen functional groups attached to an aromatic ring is 1. The minimum Gasteiger partial charge on any atom is -0.383 e. The van der Waals surface area contributed by atoms with Crippen molar-refractivity contribution in [2.24, 2.45) is 0 Å². The average molecular weight is 290 g/mol. The first-order valence-corrected chi connectivity index (χ1v) is 7.45. The zero-order valence-corrected chi connectivity index (χ0v) is 13.6. The normalized spacial score (nSPS) is 16.6. The van der Waals surface area contributed by atoms with Crippen molar-refractivity contribution < 1.29 is 4.79 Å². The van der Waals surface area contributed by atoms with Gasteiger partial charge in [-0.05, 0) is 26.8 Å². The van der Waals surface area contributed by atoms with E-state index in [0.29, 0.717) is 18.8 Å². The highest BCUT2D eigenvalue weighted by Crippen LogP contribution is 2.29. The Morgan fingerprint density at radius 3 is 2.67 bits per heavy atom. The second kappa shape index (κ2) is 7.67. The first-order chi connectivity index (χ1) is 10.0. The fraction of sp³-hybridized carbons (Fsp3) is 0.500. The summed E-state index contributed by atoms with van der Waals surface area (Å²) >= 11 is 0. The predicted molar refractivity (Wildman–Crippen MR) is 86.3 cm³/mol. The number of pyridine rings is 1. The summed E-state index contributed by atoms with van der Waals surface area (Å²) in [6.07, 6.45) is 2.17. The third-order valence-electron chi connectivity index (χ3n) is 3.67. The summed E-state index contributed by atoms with van der Waals surface area (Å²) in [7, 11) is 0. The van der Waals surface area contributed by atoms with Gasteiger partial charge in [0, 0.05) is 36.1 Å². The Hall–Kier alpha value is -2.04. The van der Waals surface area contributed by atoms with Gasteiger partial charge in [-0.15, -0.1) is 0 Å². The highest BCUT2D eigenvalue weighted by molar-refractivity contribution is 5.78. The molecule has 0 saturated carbocycles. The fourth-order valence-electron chi connectivity index (χ4n) is 2.40. The van der Waals surface area contributed by atoms with Crippen LogP contribution in [-0.2, 0) is 4.79 Å². The van der Waals surface area contributed by atoms with Gasteiger partial charge in [-0.2, -0.15) is 0 Å². The van der Waals surface area contributed by atoms with Gasteiger partial charge in [-0.3, -0.25) is 4.79 Å². The molecule has 0 radical (unpaired) electrons. The molecule has 21 heavy (non-hydrogen) atoms. The lowest BCUT2D eigenvalue weighted by Gasteiger charge is -2.31. The second-order valence-corrected chi connectivity index (χ2v) is 4.86. The molecule has 1 aromatic heterocycles. The zero-order valence-electron chi connectivity index (χ0n) is 13.6. The SMILES string of the molecule is CC.CC1=C(C)N(C(C)c2cccnc2N)CCC(=O)N1. The van der Waals surface area contributed by atoms with Gasteiger partial charge in [0.05, 0.1) is 6.04 Å². The third-order valence-corrected chi connectivity index (χ3v) is 3.67. The first kappa shape index (κ1) is 17.0. The molecular weight excluding hydrogens is 264 g/mol. The van der Waals surface area contributed by atoms with E-state index in [1.165, 1.54) is 0 Å². The minimum atomic E-state index is 0.0608. The van der Waals surface area contributed by atoms with Gasteiger partial charge in [0.15, 0.2) is 0 Å². The molecule has 1 unspecified atom stereocenters. The molecule has 2 rings (SSSR count). The molecule has 2 heterocycles. The van der Waals surface area contributed by atoms with E-state index in [9.17, 15) is 4.79 Å². The monoisotopic (exact) mass is 290 g/mol. The van der Waals surface area contributed by atoms with Crippen LogP contribution in [0.4, 0.5) is 5.82 Å². The number of carbonyl (C=O) groups excluding carboxylic acids is 1. The van der Waals surface area contributed by atoms with E-state index in [4.69, 9.17) is 5.73 Å². The van der Waals surface area contributed by atoms with Crippen LogP contribution in [0.2, 0.25) is 0 Å². The summed E-state index contributed by atoms with van der Waals surface area (Å²) in [4.78, 5) is 17.9. The Morgan fingerprint density at radius 1 is 1.38 bits per heavy atom. The Labute approximate surface area is 127 Å². The number of hydrogen-bond acceptors (Lipinski definition) is 4. The van der Waals surface area contributed by atoms with E-state index in [1.807, 2.05) is 39.8 Å². The lowest BCUT2D eigenvalue weighted by atomic mass is 10.1. The highest BCUT2D eigenvalue weighted by atomic mass is 16.1. The fourth-order valence-corrected chi connectivity index (χ4v) is 2.40. The van der Waals surface area contributed by atoms with Gasteiger partial charge in [0.2, 0.25) is 5.91 Å². The van der Waals surface area contributed by atoms with Gasteiger partial charge in [-0.25, -0.2) is 4.98 Å². The third kappa shape index (κ3) is 3.97. The van der Waals surface area contributed by atoms with Gasteiger partial charge < -0.3 is 16.0 Å². The molecule has 1 aliphatic heterocycles. The quantitative estimate of drug-likeness (QED) is 0.878. The van der Waals surface area contributed by atoms with Gasteiger partial charge in [0.25, 0.3) is 0 Å². The van der Waals surface area contributed by atoms with Crippen LogP contribution in [0.3, 0.4) is 0 Å². The molecule has 1 amide bonds. The van der Waals surface area contributed by atoms with Crippen molar-refractivity contribution in [3.8, 4) is 0 Å². The first-order valence-electron chi connectivity index (χ1n) is 7.45. The lowest BCUT2D eigenvalue weighted by Crippen LogP contribution is -2.27. The standard InChI is InChI=1S/C14H20N4O.C2H6/c1-9-10(2)18(8-6-13(19)17-9)11(3)12-5-4-7-16-14(12)15;1-2/h4-5,7,11H,6,8H2,1-3H3,(H2,15,16)(H,17,19);1-2H3. The molecule has 0 aliphatic carbocycles. The summed E-state index contributed by atoms with van der Waals surface area (Å²) < 4.78 is 0. The summed E-state index contributed by atoms with van der Waals surface area (Å²) in [5.41, 5.74) is 8.90. The van der Waals surface area contributed by atoms with Crippen molar-refractivity contribution in [2.45, 2.75) is 47.1 Å². The molecule has 0 saturated heterocycles. The number of nitrogens with one attached hydrogen (secondary N) is 1. The summed E-state index contributed by atoms with van der Waals surface area (Å²) in [5, 5.41) is 2.89. The van der Waals surface area contributed by atoms with Crippen LogP contribution in [0.15, 0.2) is 29.7 Å². The van der Waals surface area contributed by atoms with Gasteiger partial charge >= 0.3 is 0 Å². The van der Waals surface area contributed by atoms with Crippen LogP contribution in [0.5, 0.6) is 0 Å². The van der Waals surface area contributed by atoms with E-state index in [0.717, 1.165) is 17.0 Å². The molecule has 0 fully saturated rings. The molecule has 1 aliphatic rings. The van der Waals surface area contributed by atoms with E-state index in [1.54, 1.807) is 6.20 Å². The Morgan fingerprint density at radius 2 is 2.05 bits per heavy atom. The topological polar surface area (TPSA) is 71.2 Å².